The number of aryl methyl sites for hydroxylation is 2. The smallest absolute Gasteiger partial charge is 0.132 e. The molecule has 0 aliphatic heterocycles. The fraction of sp³-hybridized carbons (Fsp3) is 0.649. The van der Waals surface area contributed by atoms with Crippen LogP contribution in [0.3, 0.4) is 0 Å². The Labute approximate surface area is 256 Å². The van der Waals surface area contributed by atoms with Gasteiger partial charge in [-0.05, 0) is 61.8 Å². The van der Waals surface area contributed by atoms with E-state index in [1.54, 1.807) is 12.1 Å². The van der Waals surface area contributed by atoms with E-state index < -0.39 is 0 Å². The number of hydrogen-bond donors (Lipinski definition) is 2. The molecule has 0 unspecified atom stereocenters. The Morgan fingerprint density at radius 1 is 0.548 bits per heavy atom. The fourth-order valence-corrected chi connectivity index (χ4v) is 5.27. The number of carbonyl (C=O) groups excluding carboxylic acids is 1. The summed E-state index contributed by atoms with van der Waals surface area (Å²) in [6, 6.07) is 11.0. The number of phenolic OH excluding ortho intramolecular Hbond substituents is 2. The zero-order valence-electron chi connectivity index (χ0n) is 26.6. The van der Waals surface area contributed by atoms with Crippen LogP contribution in [0.2, 0.25) is 0 Å². The van der Waals surface area contributed by atoms with Crippen molar-refractivity contribution in [1.29, 1.82) is 0 Å². The summed E-state index contributed by atoms with van der Waals surface area (Å²) in [7, 11) is 0. The number of aromatic hydroxyl groups is 2. The molecule has 2 aromatic carbocycles. The second kappa shape index (κ2) is 22.9. The maximum absolute atomic E-state index is 12.4. The number of benzene rings is 2. The standard InChI is InChI=1S/C37H58O5/c1-3-5-7-9-11-13-15-27-41-34-25-23-31(36(39)29-34)19-17-21-33(38)22-18-20-32-24-26-35(30-37(32)40)42-28-16-14-12-10-8-6-4-2/h23-26,29-30,39-40H,3-22,27-28H2,1-2H3. The Kier molecular flexibility index (Phi) is 19.3. The van der Waals surface area contributed by atoms with E-state index in [-0.39, 0.29) is 17.3 Å². The quantitative estimate of drug-likeness (QED) is 0.108. The summed E-state index contributed by atoms with van der Waals surface area (Å²) in [6.45, 7) is 5.82. The molecule has 2 aromatic rings. The highest BCUT2D eigenvalue weighted by molar-refractivity contribution is 5.78. The number of ketones is 1. The lowest BCUT2D eigenvalue weighted by Gasteiger charge is -2.10. The molecule has 0 fully saturated rings. The molecule has 0 atom stereocenters. The second-order valence-electron chi connectivity index (χ2n) is 11.8. The van der Waals surface area contributed by atoms with E-state index >= 15 is 0 Å². The van der Waals surface area contributed by atoms with E-state index in [0.29, 0.717) is 63.2 Å². The molecule has 0 saturated carbocycles. The number of phenols is 2. The Bertz CT molecular complexity index is 909. The summed E-state index contributed by atoms with van der Waals surface area (Å²) in [5.41, 5.74) is 1.70. The number of hydrogen-bond acceptors (Lipinski definition) is 5. The van der Waals surface area contributed by atoms with Gasteiger partial charge in [0, 0.05) is 25.0 Å². The molecular formula is C37H58O5. The summed E-state index contributed by atoms with van der Waals surface area (Å²) < 4.78 is 11.6. The summed E-state index contributed by atoms with van der Waals surface area (Å²) in [5, 5.41) is 20.8. The number of ether oxygens (including phenoxy) is 2. The monoisotopic (exact) mass is 582 g/mol. The van der Waals surface area contributed by atoms with Crippen molar-refractivity contribution in [3.8, 4) is 23.0 Å². The van der Waals surface area contributed by atoms with E-state index in [0.717, 1.165) is 24.0 Å². The number of Topliss-reactive ketones (excluding diaryl/α,β-unsaturated/α-hetero) is 1. The molecule has 2 N–H and O–H groups in total. The van der Waals surface area contributed by atoms with Gasteiger partial charge in [-0.1, -0.05) is 103 Å². The van der Waals surface area contributed by atoms with Crippen LogP contribution in [-0.2, 0) is 17.6 Å². The molecule has 0 aromatic heterocycles. The molecular weight excluding hydrogens is 524 g/mol. The minimum absolute atomic E-state index is 0.221. The molecule has 0 bridgehead atoms. The highest BCUT2D eigenvalue weighted by Gasteiger charge is 2.09. The minimum Gasteiger partial charge on any atom is -0.508 e. The fourth-order valence-electron chi connectivity index (χ4n) is 5.27. The van der Waals surface area contributed by atoms with Gasteiger partial charge in [0.2, 0.25) is 0 Å². The normalized spacial score (nSPS) is 11.1. The Morgan fingerprint density at radius 2 is 0.929 bits per heavy atom. The summed E-state index contributed by atoms with van der Waals surface area (Å²) in [6.07, 6.45) is 21.2. The van der Waals surface area contributed by atoms with Crippen molar-refractivity contribution < 1.29 is 24.5 Å². The van der Waals surface area contributed by atoms with E-state index in [2.05, 4.69) is 13.8 Å². The van der Waals surface area contributed by atoms with Crippen LogP contribution < -0.4 is 9.47 Å². The van der Waals surface area contributed by atoms with Crippen LogP contribution in [0.1, 0.15) is 141 Å². The van der Waals surface area contributed by atoms with Gasteiger partial charge in [-0.25, -0.2) is 0 Å². The van der Waals surface area contributed by atoms with Gasteiger partial charge in [0.1, 0.15) is 28.8 Å². The first-order chi connectivity index (χ1) is 20.5. The van der Waals surface area contributed by atoms with Crippen LogP contribution >= 0.6 is 0 Å². The molecule has 42 heavy (non-hydrogen) atoms. The second-order valence-corrected chi connectivity index (χ2v) is 11.8. The molecule has 5 heteroatoms. The minimum atomic E-state index is 0.221. The lowest BCUT2D eigenvalue weighted by Crippen LogP contribution is -2.01. The SMILES string of the molecule is CCCCCCCCCOc1ccc(CCCC(=O)CCCc2ccc(OCCCCCCCCC)cc2O)c(O)c1. The third kappa shape index (κ3) is 16.1. The van der Waals surface area contributed by atoms with Gasteiger partial charge in [-0.15, -0.1) is 0 Å². The topological polar surface area (TPSA) is 76.0 Å². The van der Waals surface area contributed by atoms with Crippen molar-refractivity contribution in [2.45, 2.75) is 142 Å². The molecule has 5 nitrogen and oxygen atoms in total. The predicted molar refractivity (Wildman–Crippen MR) is 174 cm³/mol. The number of rotatable bonds is 26. The summed E-state index contributed by atoms with van der Waals surface area (Å²) >= 11 is 0. The van der Waals surface area contributed by atoms with Gasteiger partial charge in [-0.2, -0.15) is 0 Å². The van der Waals surface area contributed by atoms with Crippen LogP contribution in [0.15, 0.2) is 36.4 Å². The van der Waals surface area contributed by atoms with E-state index in [1.165, 1.54) is 77.0 Å². The Balaban J connectivity index is 1.56. The molecule has 0 saturated heterocycles. The maximum Gasteiger partial charge on any atom is 0.132 e. The molecule has 0 radical (unpaired) electrons. The number of unbranched alkanes of at least 4 members (excludes halogenated alkanes) is 12. The van der Waals surface area contributed by atoms with Gasteiger partial charge >= 0.3 is 0 Å². The zero-order chi connectivity index (χ0) is 30.3. The van der Waals surface area contributed by atoms with E-state index in [1.807, 2.05) is 24.3 Å². The lowest BCUT2D eigenvalue weighted by atomic mass is 10.0. The molecule has 236 valence electrons. The molecule has 0 heterocycles. The van der Waals surface area contributed by atoms with Crippen molar-refractivity contribution in [2.75, 3.05) is 13.2 Å². The first-order valence-electron chi connectivity index (χ1n) is 16.9. The number of carbonyl (C=O) groups is 1. The van der Waals surface area contributed by atoms with Crippen LogP contribution in [0.5, 0.6) is 23.0 Å². The Morgan fingerprint density at radius 3 is 1.31 bits per heavy atom. The average molecular weight is 583 g/mol. The van der Waals surface area contributed by atoms with Crippen LogP contribution in [0, 0.1) is 0 Å². The highest BCUT2D eigenvalue weighted by Crippen LogP contribution is 2.27. The molecule has 0 aliphatic rings. The van der Waals surface area contributed by atoms with E-state index in [4.69, 9.17) is 9.47 Å². The van der Waals surface area contributed by atoms with Crippen LogP contribution in [-0.4, -0.2) is 29.2 Å². The van der Waals surface area contributed by atoms with E-state index in [9.17, 15) is 15.0 Å². The van der Waals surface area contributed by atoms with Gasteiger partial charge in [-0.3, -0.25) is 4.79 Å². The van der Waals surface area contributed by atoms with Crippen molar-refractivity contribution in [2.24, 2.45) is 0 Å². The third-order valence-corrected chi connectivity index (χ3v) is 7.95. The molecule has 0 amide bonds. The Hall–Kier alpha value is -2.69. The average Bonchev–Trinajstić information content (AvgIpc) is 2.98. The van der Waals surface area contributed by atoms with Crippen LogP contribution in [0.4, 0.5) is 0 Å². The van der Waals surface area contributed by atoms with Gasteiger partial charge in [0.15, 0.2) is 0 Å². The van der Waals surface area contributed by atoms with Gasteiger partial charge in [0.25, 0.3) is 0 Å². The predicted octanol–water partition coefficient (Wildman–Crippen LogP) is 10.3. The summed E-state index contributed by atoms with van der Waals surface area (Å²) in [4.78, 5) is 12.4. The maximum atomic E-state index is 12.4. The van der Waals surface area contributed by atoms with Crippen molar-refractivity contribution in [3.05, 3.63) is 47.5 Å². The van der Waals surface area contributed by atoms with Crippen LogP contribution in [0.25, 0.3) is 0 Å². The molecule has 2 rings (SSSR count). The zero-order valence-corrected chi connectivity index (χ0v) is 26.6. The van der Waals surface area contributed by atoms with Crippen molar-refractivity contribution >= 4 is 5.78 Å². The molecule has 0 spiro atoms. The lowest BCUT2D eigenvalue weighted by molar-refractivity contribution is -0.119. The van der Waals surface area contributed by atoms with Crippen molar-refractivity contribution in [1.82, 2.24) is 0 Å². The largest absolute Gasteiger partial charge is 0.508 e. The third-order valence-electron chi connectivity index (χ3n) is 7.95. The van der Waals surface area contributed by atoms with Gasteiger partial charge in [0.05, 0.1) is 13.2 Å². The first kappa shape index (κ1) is 35.5. The highest BCUT2D eigenvalue weighted by atomic mass is 16.5. The van der Waals surface area contributed by atoms with Gasteiger partial charge < -0.3 is 19.7 Å². The first-order valence-corrected chi connectivity index (χ1v) is 16.9. The van der Waals surface area contributed by atoms with Crippen molar-refractivity contribution in [3.63, 3.8) is 0 Å². The summed E-state index contributed by atoms with van der Waals surface area (Å²) in [5.74, 6) is 2.11. The molecule has 0 aliphatic carbocycles.